The Morgan fingerprint density at radius 1 is 1.00 bits per heavy atom. The molecule has 0 fully saturated rings. The van der Waals surface area contributed by atoms with Crippen LogP contribution in [0.5, 0.6) is 0 Å². The van der Waals surface area contributed by atoms with E-state index in [1.165, 1.54) is 5.56 Å². The first-order chi connectivity index (χ1) is 7.68. The summed E-state index contributed by atoms with van der Waals surface area (Å²) in [5.41, 5.74) is 9.46. The second-order valence-electron chi connectivity index (χ2n) is 3.91. The summed E-state index contributed by atoms with van der Waals surface area (Å²) in [4.78, 5) is 0. The minimum absolute atomic E-state index is 0.158. The Morgan fingerprint density at radius 3 is 2.25 bits per heavy atom. The standard InChI is InChI=1S/C14H14ClN/c1-10-6-8-11(9-7-10)14(16)12-4-2-3-5-13(12)15/h2-9,14H,16H2,1H3. The van der Waals surface area contributed by atoms with Gasteiger partial charge in [0.1, 0.15) is 0 Å². The van der Waals surface area contributed by atoms with Crippen LogP contribution in [0.25, 0.3) is 0 Å². The van der Waals surface area contributed by atoms with Crippen molar-refractivity contribution in [2.24, 2.45) is 5.73 Å². The summed E-state index contributed by atoms with van der Waals surface area (Å²) in [5, 5.41) is 0.718. The van der Waals surface area contributed by atoms with E-state index in [0.717, 1.165) is 16.1 Å². The van der Waals surface area contributed by atoms with Gasteiger partial charge in [0.05, 0.1) is 6.04 Å². The van der Waals surface area contributed by atoms with E-state index in [1.54, 1.807) is 0 Å². The van der Waals surface area contributed by atoms with Gasteiger partial charge in [0.25, 0.3) is 0 Å². The van der Waals surface area contributed by atoms with Crippen LogP contribution in [0.3, 0.4) is 0 Å². The van der Waals surface area contributed by atoms with Crippen molar-refractivity contribution in [3.8, 4) is 0 Å². The van der Waals surface area contributed by atoms with E-state index < -0.39 is 0 Å². The normalized spacial score (nSPS) is 12.4. The van der Waals surface area contributed by atoms with Crippen molar-refractivity contribution >= 4 is 11.6 Å². The molecule has 0 heterocycles. The van der Waals surface area contributed by atoms with Crippen LogP contribution in [0.1, 0.15) is 22.7 Å². The Morgan fingerprint density at radius 2 is 1.62 bits per heavy atom. The molecule has 2 aromatic rings. The Balaban J connectivity index is 2.35. The van der Waals surface area contributed by atoms with Crippen LogP contribution in [0.2, 0.25) is 5.02 Å². The predicted molar refractivity (Wildman–Crippen MR) is 68.7 cm³/mol. The average Bonchev–Trinajstić information content (AvgIpc) is 2.30. The van der Waals surface area contributed by atoms with Gasteiger partial charge in [0.15, 0.2) is 0 Å². The van der Waals surface area contributed by atoms with E-state index in [9.17, 15) is 0 Å². The molecule has 2 heteroatoms. The lowest BCUT2D eigenvalue weighted by molar-refractivity contribution is 0.871. The minimum atomic E-state index is -0.158. The zero-order valence-corrected chi connectivity index (χ0v) is 9.91. The second-order valence-corrected chi connectivity index (χ2v) is 4.32. The molecular weight excluding hydrogens is 218 g/mol. The lowest BCUT2D eigenvalue weighted by Gasteiger charge is -2.14. The summed E-state index contributed by atoms with van der Waals surface area (Å²) in [6, 6.07) is 15.8. The first-order valence-electron chi connectivity index (χ1n) is 5.25. The maximum Gasteiger partial charge on any atom is 0.0566 e. The van der Waals surface area contributed by atoms with Gasteiger partial charge in [-0.05, 0) is 24.1 Å². The molecule has 0 amide bonds. The van der Waals surface area contributed by atoms with Gasteiger partial charge in [-0.15, -0.1) is 0 Å². The third-order valence-corrected chi connectivity index (χ3v) is 3.02. The molecule has 0 aliphatic rings. The molecule has 0 aromatic heterocycles. The number of rotatable bonds is 2. The van der Waals surface area contributed by atoms with Gasteiger partial charge in [-0.3, -0.25) is 0 Å². The highest BCUT2D eigenvalue weighted by Gasteiger charge is 2.11. The SMILES string of the molecule is Cc1ccc(C(N)c2ccccc2Cl)cc1. The second kappa shape index (κ2) is 4.69. The molecule has 0 radical (unpaired) electrons. The summed E-state index contributed by atoms with van der Waals surface area (Å²) in [6.07, 6.45) is 0. The fraction of sp³-hybridized carbons (Fsp3) is 0.143. The van der Waals surface area contributed by atoms with Gasteiger partial charge >= 0.3 is 0 Å². The number of benzene rings is 2. The Bertz CT molecular complexity index is 476. The summed E-state index contributed by atoms with van der Waals surface area (Å²) in [6.45, 7) is 2.06. The smallest absolute Gasteiger partial charge is 0.0566 e. The van der Waals surface area contributed by atoms with Gasteiger partial charge in [0, 0.05) is 5.02 Å². The highest BCUT2D eigenvalue weighted by molar-refractivity contribution is 6.31. The summed E-state index contributed by atoms with van der Waals surface area (Å²) in [7, 11) is 0. The third-order valence-electron chi connectivity index (χ3n) is 2.68. The molecule has 0 bridgehead atoms. The zero-order chi connectivity index (χ0) is 11.5. The number of hydrogen-bond acceptors (Lipinski definition) is 1. The van der Waals surface area contributed by atoms with Gasteiger partial charge in [0.2, 0.25) is 0 Å². The summed E-state index contributed by atoms with van der Waals surface area (Å²) >= 11 is 6.12. The van der Waals surface area contributed by atoms with E-state index in [1.807, 2.05) is 36.4 Å². The Hall–Kier alpha value is -1.31. The summed E-state index contributed by atoms with van der Waals surface area (Å²) < 4.78 is 0. The maximum atomic E-state index is 6.18. The van der Waals surface area contributed by atoms with Crippen LogP contribution in [-0.4, -0.2) is 0 Å². The fourth-order valence-corrected chi connectivity index (χ4v) is 1.93. The van der Waals surface area contributed by atoms with Crippen molar-refractivity contribution in [1.82, 2.24) is 0 Å². The minimum Gasteiger partial charge on any atom is -0.320 e. The van der Waals surface area contributed by atoms with Crippen LogP contribution in [0.4, 0.5) is 0 Å². The first kappa shape index (κ1) is 11.2. The molecule has 1 nitrogen and oxygen atoms in total. The molecule has 82 valence electrons. The molecule has 0 saturated heterocycles. The predicted octanol–water partition coefficient (Wildman–Crippen LogP) is 3.70. The molecule has 1 unspecified atom stereocenters. The lowest BCUT2D eigenvalue weighted by atomic mass is 9.99. The van der Waals surface area contributed by atoms with E-state index >= 15 is 0 Å². The monoisotopic (exact) mass is 231 g/mol. The number of halogens is 1. The molecule has 0 aliphatic heterocycles. The van der Waals surface area contributed by atoms with Crippen molar-refractivity contribution < 1.29 is 0 Å². The fourth-order valence-electron chi connectivity index (χ4n) is 1.68. The molecular formula is C14H14ClN. The average molecular weight is 232 g/mol. The number of hydrogen-bond donors (Lipinski definition) is 1. The molecule has 0 saturated carbocycles. The van der Waals surface area contributed by atoms with Crippen LogP contribution < -0.4 is 5.73 Å². The highest BCUT2D eigenvalue weighted by atomic mass is 35.5. The van der Waals surface area contributed by atoms with Crippen LogP contribution in [0, 0.1) is 6.92 Å². The third kappa shape index (κ3) is 2.26. The topological polar surface area (TPSA) is 26.0 Å². The van der Waals surface area contributed by atoms with Crippen LogP contribution >= 0.6 is 11.6 Å². The van der Waals surface area contributed by atoms with E-state index in [-0.39, 0.29) is 6.04 Å². The zero-order valence-electron chi connectivity index (χ0n) is 9.15. The van der Waals surface area contributed by atoms with Crippen LogP contribution in [0.15, 0.2) is 48.5 Å². The quantitative estimate of drug-likeness (QED) is 0.838. The van der Waals surface area contributed by atoms with E-state index in [0.29, 0.717) is 0 Å². The molecule has 1 atom stereocenters. The lowest BCUT2D eigenvalue weighted by Crippen LogP contribution is -2.12. The Labute approximate surface area is 101 Å². The van der Waals surface area contributed by atoms with Crippen molar-refractivity contribution in [2.45, 2.75) is 13.0 Å². The molecule has 16 heavy (non-hydrogen) atoms. The van der Waals surface area contributed by atoms with Gasteiger partial charge < -0.3 is 5.73 Å². The molecule has 0 spiro atoms. The first-order valence-corrected chi connectivity index (χ1v) is 5.63. The summed E-state index contributed by atoms with van der Waals surface area (Å²) in [5.74, 6) is 0. The number of aryl methyl sites for hydroxylation is 1. The largest absolute Gasteiger partial charge is 0.320 e. The highest BCUT2D eigenvalue weighted by Crippen LogP contribution is 2.26. The molecule has 2 N–H and O–H groups in total. The van der Waals surface area contributed by atoms with Crippen molar-refractivity contribution in [3.05, 3.63) is 70.2 Å². The van der Waals surface area contributed by atoms with Gasteiger partial charge in [-0.25, -0.2) is 0 Å². The van der Waals surface area contributed by atoms with Crippen molar-refractivity contribution in [3.63, 3.8) is 0 Å². The van der Waals surface area contributed by atoms with Gasteiger partial charge in [-0.1, -0.05) is 59.6 Å². The van der Waals surface area contributed by atoms with Gasteiger partial charge in [-0.2, -0.15) is 0 Å². The van der Waals surface area contributed by atoms with Crippen molar-refractivity contribution in [2.75, 3.05) is 0 Å². The van der Waals surface area contributed by atoms with Crippen LogP contribution in [-0.2, 0) is 0 Å². The van der Waals surface area contributed by atoms with Crippen molar-refractivity contribution in [1.29, 1.82) is 0 Å². The molecule has 2 aromatic carbocycles. The molecule has 0 aliphatic carbocycles. The number of nitrogens with two attached hydrogens (primary N) is 1. The molecule has 2 rings (SSSR count). The maximum absolute atomic E-state index is 6.18. The van der Waals surface area contributed by atoms with E-state index in [2.05, 4.69) is 19.1 Å². The Kier molecular flexibility index (Phi) is 3.28. The van der Waals surface area contributed by atoms with E-state index in [4.69, 9.17) is 17.3 Å².